The molecule has 1 amide bonds. The topological polar surface area (TPSA) is 127 Å². The third-order valence-corrected chi connectivity index (χ3v) is 5.08. The molecule has 2 aromatic rings. The van der Waals surface area contributed by atoms with Crippen molar-refractivity contribution >= 4 is 37.8 Å². The maximum absolute atomic E-state index is 12.5. The van der Waals surface area contributed by atoms with Crippen molar-refractivity contribution in [3.8, 4) is 5.75 Å². The van der Waals surface area contributed by atoms with Gasteiger partial charge in [0.05, 0.1) is 13.5 Å². The van der Waals surface area contributed by atoms with Gasteiger partial charge < -0.3 is 14.4 Å². The van der Waals surface area contributed by atoms with Crippen LogP contribution in [0.2, 0.25) is 0 Å². The number of hydrogen-bond donors (Lipinski definition) is 3. The monoisotopic (exact) mass is 445 g/mol. The number of hydrogen-bond acceptors (Lipinski definition) is 5. The highest BCUT2D eigenvalue weighted by molar-refractivity contribution is 9.10. The molecule has 0 atom stereocenters. The van der Waals surface area contributed by atoms with E-state index < -0.39 is 21.9 Å². The molecule has 0 bridgehead atoms. The number of carboxylic acids is 1. The number of aliphatic carboxylic acids is 1. The van der Waals surface area contributed by atoms with Crippen molar-refractivity contribution in [1.82, 2.24) is 14.8 Å². The van der Waals surface area contributed by atoms with Gasteiger partial charge in [-0.1, -0.05) is 6.07 Å². The molecular weight excluding hydrogens is 430 g/mol. The molecule has 11 heteroatoms. The Morgan fingerprint density at radius 2 is 2.00 bits per heavy atom. The zero-order valence-corrected chi connectivity index (χ0v) is 16.2. The van der Waals surface area contributed by atoms with Gasteiger partial charge >= 0.3 is 5.97 Å². The van der Waals surface area contributed by atoms with Gasteiger partial charge in [-0.15, -0.1) is 4.83 Å². The van der Waals surface area contributed by atoms with Gasteiger partial charge in [0.25, 0.3) is 15.9 Å². The molecule has 140 valence electrons. The predicted octanol–water partition coefficient (Wildman–Crippen LogP) is 1.05. The van der Waals surface area contributed by atoms with E-state index in [0.29, 0.717) is 4.47 Å². The first kappa shape index (κ1) is 19.9. The number of aromatic nitrogens is 1. The van der Waals surface area contributed by atoms with E-state index in [1.54, 1.807) is 13.2 Å². The normalized spacial score (nSPS) is 11.2. The molecule has 0 saturated carbocycles. The maximum Gasteiger partial charge on any atom is 0.307 e. The minimum absolute atomic E-state index is 0.0162. The average molecular weight is 446 g/mol. The van der Waals surface area contributed by atoms with Crippen LogP contribution >= 0.6 is 15.9 Å². The summed E-state index contributed by atoms with van der Waals surface area (Å²) >= 11 is 3.22. The van der Waals surface area contributed by atoms with E-state index in [1.165, 1.54) is 35.9 Å². The molecule has 1 aromatic carbocycles. The van der Waals surface area contributed by atoms with Crippen LogP contribution in [0.25, 0.3) is 0 Å². The van der Waals surface area contributed by atoms with Gasteiger partial charge in [0.1, 0.15) is 16.3 Å². The van der Waals surface area contributed by atoms with Crippen LogP contribution in [-0.2, 0) is 28.3 Å². The van der Waals surface area contributed by atoms with Gasteiger partial charge in [0.15, 0.2) is 0 Å². The molecule has 0 spiro atoms. The fraction of sp³-hybridized carbons (Fsp3) is 0.200. The molecule has 0 aliphatic rings. The van der Waals surface area contributed by atoms with Gasteiger partial charge in [0.2, 0.25) is 0 Å². The largest absolute Gasteiger partial charge is 0.495 e. The number of ether oxygens (including phenoxy) is 1. The molecule has 0 saturated heterocycles. The third-order valence-electron chi connectivity index (χ3n) is 3.38. The number of methoxy groups -OCH3 is 1. The number of amides is 1. The summed E-state index contributed by atoms with van der Waals surface area (Å²) in [5.74, 6) is -1.75. The molecular formula is C15H16BrN3O6S. The molecule has 0 aliphatic heterocycles. The van der Waals surface area contributed by atoms with E-state index in [2.05, 4.69) is 21.4 Å². The van der Waals surface area contributed by atoms with Crippen LogP contribution in [0, 0.1) is 0 Å². The number of halogens is 1. The summed E-state index contributed by atoms with van der Waals surface area (Å²) in [4.78, 5) is 24.7. The SMILES string of the molecule is COc1ccc(CC(=O)O)cc1S(=O)(=O)NNC(=O)c1cc(Br)cn1C. The number of hydrazine groups is 1. The molecule has 0 aliphatic carbocycles. The number of aryl methyl sites for hydroxylation is 1. The first-order chi connectivity index (χ1) is 12.1. The summed E-state index contributed by atoms with van der Waals surface area (Å²) in [5, 5.41) is 8.86. The lowest BCUT2D eigenvalue weighted by Gasteiger charge is -2.13. The fourth-order valence-electron chi connectivity index (χ4n) is 2.20. The number of sulfonamides is 1. The maximum atomic E-state index is 12.5. The molecule has 1 heterocycles. The van der Waals surface area contributed by atoms with Crippen LogP contribution in [0.15, 0.2) is 39.8 Å². The van der Waals surface area contributed by atoms with Gasteiger partial charge in [0, 0.05) is 17.7 Å². The highest BCUT2D eigenvalue weighted by atomic mass is 79.9. The second-order valence-corrected chi connectivity index (χ2v) is 7.84. The summed E-state index contributed by atoms with van der Waals surface area (Å²) in [7, 11) is -1.28. The average Bonchev–Trinajstić information content (AvgIpc) is 2.90. The molecule has 26 heavy (non-hydrogen) atoms. The second-order valence-electron chi connectivity index (χ2n) is 5.27. The number of rotatable bonds is 7. The number of carbonyl (C=O) groups is 2. The zero-order valence-electron chi connectivity index (χ0n) is 13.8. The predicted molar refractivity (Wildman–Crippen MR) is 95.2 cm³/mol. The minimum atomic E-state index is -4.19. The molecule has 0 radical (unpaired) electrons. The van der Waals surface area contributed by atoms with Gasteiger partial charge in [-0.25, -0.2) is 8.42 Å². The lowest BCUT2D eigenvalue weighted by Crippen LogP contribution is -2.42. The highest BCUT2D eigenvalue weighted by Crippen LogP contribution is 2.25. The van der Waals surface area contributed by atoms with Crippen molar-refractivity contribution in [3.05, 3.63) is 46.2 Å². The van der Waals surface area contributed by atoms with Gasteiger partial charge in [-0.05, 0) is 39.7 Å². The molecule has 0 fully saturated rings. The summed E-state index contributed by atoms with van der Waals surface area (Å²) < 4.78 is 32.2. The highest BCUT2D eigenvalue weighted by Gasteiger charge is 2.22. The van der Waals surface area contributed by atoms with Crippen molar-refractivity contribution in [3.63, 3.8) is 0 Å². The fourth-order valence-corrected chi connectivity index (χ4v) is 3.78. The summed E-state index contributed by atoms with van der Waals surface area (Å²) in [6.45, 7) is 0. The Kier molecular flexibility index (Phi) is 6.05. The Labute approximate surface area is 158 Å². The van der Waals surface area contributed by atoms with Crippen LogP contribution in [0.1, 0.15) is 16.1 Å². The number of carboxylic acid groups (broad SMARTS) is 1. The Balaban J connectivity index is 2.25. The van der Waals surface area contributed by atoms with Crippen LogP contribution in [0.5, 0.6) is 5.75 Å². The summed E-state index contributed by atoms with van der Waals surface area (Å²) in [6, 6.07) is 5.51. The van der Waals surface area contributed by atoms with Crippen LogP contribution in [0.3, 0.4) is 0 Å². The van der Waals surface area contributed by atoms with E-state index >= 15 is 0 Å². The Hall–Kier alpha value is -2.37. The Bertz CT molecular complexity index is 954. The van der Waals surface area contributed by atoms with E-state index in [1.807, 2.05) is 4.83 Å². The Morgan fingerprint density at radius 3 is 2.54 bits per heavy atom. The van der Waals surface area contributed by atoms with E-state index in [4.69, 9.17) is 9.84 Å². The van der Waals surface area contributed by atoms with Crippen molar-refractivity contribution < 1.29 is 27.9 Å². The standard InChI is InChI=1S/C15H16BrN3O6S/c1-19-8-10(16)7-11(19)15(22)17-18-26(23,24)13-5-9(6-14(20)21)3-4-12(13)25-2/h3-5,7-8,18H,6H2,1-2H3,(H,17,22)(H,20,21). The lowest BCUT2D eigenvalue weighted by molar-refractivity contribution is -0.136. The smallest absolute Gasteiger partial charge is 0.307 e. The number of nitrogens with one attached hydrogen (secondary N) is 2. The molecule has 0 unspecified atom stereocenters. The van der Waals surface area contributed by atoms with Crippen molar-refractivity contribution in [2.45, 2.75) is 11.3 Å². The van der Waals surface area contributed by atoms with E-state index in [9.17, 15) is 18.0 Å². The number of nitrogens with zero attached hydrogens (tertiary/aromatic N) is 1. The first-order valence-electron chi connectivity index (χ1n) is 7.16. The van der Waals surface area contributed by atoms with E-state index in [-0.39, 0.29) is 28.3 Å². The molecule has 9 nitrogen and oxygen atoms in total. The van der Waals surface area contributed by atoms with Crippen molar-refractivity contribution in [1.29, 1.82) is 0 Å². The van der Waals surface area contributed by atoms with Crippen LogP contribution in [0.4, 0.5) is 0 Å². The zero-order chi connectivity index (χ0) is 19.5. The molecule has 1 aromatic heterocycles. The summed E-state index contributed by atoms with van der Waals surface area (Å²) in [5.41, 5.74) is 2.62. The van der Waals surface area contributed by atoms with Crippen LogP contribution in [-0.4, -0.2) is 37.1 Å². The summed E-state index contributed by atoms with van der Waals surface area (Å²) in [6.07, 6.45) is 1.29. The number of carbonyl (C=O) groups excluding carboxylic acids is 1. The van der Waals surface area contributed by atoms with Gasteiger partial charge in [-0.2, -0.15) is 0 Å². The van der Waals surface area contributed by atoms with Crippen LogP contribution < -0.4 is 15.0 Å². The molecule has 2 rings (SSSR count). The molecule has 3 N–H and O–H groups in total. The lowest BCUT2D eigenvalue weighted by atomic mass is 10.1. The minimum Gasteiger partial charge on any atom is -0.495 e. The van der Waals surface area contributed by atoms with Crippen molar-refractivity contribution in [2.24, 2.45) is 7.05 Å². The van der Waals surface area contributed by atoms with Crippen molar-refractivity contribution in [2.75, 3.05) is 7.11 Å². The Morgan fingerprint density at radius 1 is 1.31 bits per heavy atom. The quantitative estimate of drug-likeness (QED) is 0.546. The second kappa shape index (κ2) is 7.89. The number of benzene rings is 1. The third kappa shape index (κ3) is 4.62. The first-order valence-corrected chi connectivity index (χ1v) is 9.44. The van der Waals surface area contributed by atoms with E-state index in [0.717, 1.165) is 0 Å². The van der Waals surface area contributed by atoms with Gasteiger partial charge in [-0.3, -0.25) is 15.0 Å².